The molecule has 1 amide bonds. The molecule has 1 aliphatic heterocycles. The summed E-state index contributed by atoms with van der Waals surface area (Å²) in [5, 5.41) is 9.23. The van der Waals surface area contributed by atoms with Gasteiger partial charge >= 0.3 is 5.97 Å². The van der Waals surface area contributed by atoms with E-state index in [9.17, 15) is 14.7 Å². The monoisotopic (exact) mass is 291 g/mol. The first-order chi connectivity index (χ1) is 10.1. The van der Waals surface area contributed by atoms with E-state index in [4.69, 9.17) is 4.74 Å². The number of carbonyl (C=O) groups excluding carboxylic acids is 2. The number of aromatic hydroxyl groups is 1. The Balaban J connectivity index is 1.83. The van der Waals surface area contributed by atoms with Gasteiger partial charge < -0.3 is 14.7 Å². The Morgan fingerprint density at radius 2 is 1.86 bits per heavy atom. The van der Waals surface area contributed by atoms with Gasteiger partial charge in [-0.05, 0) is 37.5 Å². The molecule has 1 heterocycles. The normalized spacial score (nSPS) is 15.8. The summed E-state index contributed by atoms with van der Waals surface area (Å²) in [6.45, 7) is 3.40. The van der Waals surface area contributed by atoms with Crippen LogP contribution in [0.1, 0.15) is 25.3 Å². The molecule has 21 heavy (non-hydrogen) atoms. The van der Waals surface area contributed by atoms with Crippen molar-refractivity contribution in [3.05, 3.63) is 29.8 Å². The third-order valence-electron chi connectivity index (χ3n) is 3.76. The number of likely N-dealkylation sites (tertiary alicyclic amines) is 1. The topological polar surface area (TPSA) is 66.8 Å². The summed E-state index contributed by atoms with van der Waals surface area (Å²) in [4.78, 5) is 25.6. The lowest BCUT2D eigenvalue weighted by atomic mass is 9.96. The number of benzene rings is 1. The summed E-state index contributed by atoms with van der Waals surface area (Å²) in [6, 6.07) is 6.66. The molecular weight excluding hydrogens is 270 g/mol. The standard InChI is InChI=1S/C16H21NO4/c1-2-21-16(20)13-7-9-17(10-8-13)15(19)11-12-3-5-14(18)6-4-12/h3-6,13,18H,2,7-11H2,1H3. The SMILES string of the molecule is CCOC(=O)C1CCN(C(=O)Cc2ccc(O)cc2)CC1. The minimum Gasteiger partial charge on any atom is -0.508 e. The Kier molecular flexibility index (Phi) is 5.20. The van der Waals surface area contributed by atoms with Crippen LogP contribution in [0.2, 0.25) is 0 Å². The number of phenolic OH excluding ortho intramolecular Hbond substituents is 1. The van der Waals surface area contributed by atoms with Crippen molar-refractivity contribution in [3.63, 3.8) is 0 Å². The maximum absolute atomic E-state index is 12.2. The maximum Gasteiger partial charge on any atom is 0.309 e. The van der Waals surface area contributed by atoms with Crippen LogP contribution in [0.4, 0.5) is 0 Å². The zero-order valence-electron chi connectivity index (χ0n) is 12.2. The highest BCUT2D eigenvalue weighted by Crippen LogP contribution is 2.20. The number of phenols is 1. The van der Waals surface area contributed by atoms with Crippen molar-refractivity contribution >= 4 is 11.9 Å². The maximum atomic E-state index is 12.2. The highest BCUT2D eigenvalue weighted by molar-refractivity contribution is 5.79. The Morgan fingerprint density at radius 3 is 2.43 bits per heavy atom. The number of hydrogen-bond acceptors (Lipinski definition) is 4. The summed E-state index contributed by atoms with van der Waals surface area (Å²) < 4.78 is 5.02. The van der Waals surface area contributed by atoms with E-state index in [0.29, 0.717) is 39.0 Å². The van der Waals surface area contributed by atoms with E-state index in [-0.39, 0.29) is 23.5 Å². The molecule has 0 saturated carbocycles. The molecule has 1 aliphatic rings. The number of carbonyl (C=O) groups is 2. The van der Waals surface area contributed by atoms with E-state index in [1.165, 1.54) is 0 Å². The minimum atomic E-state index is -0.150. The van der Waals surface area contributed by atoms with Gasteiger partial charge in [-0.3, -0.25) is 9.59 Å². The van der Waals surface area contributed by atoms with E-state index in [1.54, 1.807) is 36.1 Å². The summed E-state index contributed by atoms with van der Waals surface area (Å²) in [5.41, 5.74) is 0.880. The molecule has 0 atom stereocenters. The lowest BCUT2D eigenvalue weighted by Crippen LogP contribution is -2.41. The van der Waals surface area contributed by atoms with Gasteiger partial charge in [0, 0.05) is 13.1 Å². The molecule has 1 saturated heterocycles. The molecule has 5 nitrogen and oxygen atoms in total. The van der Waals surface area contributed by atoms with Gasteiger partial charge in [0.05, 0.1) is 18.9 Å². The number of amides is 1. The van der Waals surface area contributed by atoms with Crippen LogP contribution in [0.25, 0.3) is 0 Å². The average molecular weight is 291 g/mol. The predicted octanol–water partition coefficient (Wildman–Crippen LogP) is 1.74. The molecule has 2 rings (SSSR count). The summed E-state index contributed by atoms with van der Waals surface area (Å²) in [5.74, 6) is 0.0234. The van der Waals surface area contributed by atoms with Crippen LogP contribution in [0, 0.1) is 5.92 Å². The summed E-state index contributed by atoms with van der Waals surface area (Å²) >= 11 is 0. The van der Waals surface area contributed by atoms with Crippen molar-refractivity contribution in [2.45, 2.75) is 26.2 Å². The van der Waals surface area contributed by atoms with Gasteiger partial charge in [-0.15, -0.1) is 0 Å². The van der Waals surface area contributed by atoms with Gasteiger partial charge in [0.25, 0.3) is 0 Å². The molecule has 0 spiro atoms. The average Bonchev–Trinajstić information content (AvgIpc) is 2.50. The number of hydrogen-bond donors (Lipinski definition) is 1. The van der Waals surface area contributed by atoms with Crippen LogP contribution in [0.5, 0.6) is 5.75 Å². The Labute approximate surface area is 124 Å². The van der Waals surface area contributed by atoms with E-state index < -0.39 is 0 Å². The zero-order chi connectivity index (χ0) is 15.2. The van der Waals surface area contributed by atoms with E-state index in [1.807, 2.05) is 0 Å². The van der Waals surface area contributed by atoms with Crippen LogP contribution in [-0.4, -0.2) is 41.6 Å². The Bertz CT molecular complexity index is 490. The van der Waals surface area contributed by atoms with Crippen LogP contribution in [-0.2, 0) is 20.7 Å². The highest BCUT2D eigenvalue weighted by Gasteiger charge is 2.27. The summed E-state index contributed by atoms with van der Waals surface area (Å²) in [6.07, 6.45) is 1.66. The first-order valence-corrected chi connectivity index (χ1v) is 7.32. The predicted molar refractivity (Wildman–Crippen MR) is 77.7 cm³/mol. The highest BCUT2D eigenvalue weighted by atomic mass is 16.5. The molecule has 1 aromatic rings. The molecule has 0 aliphatic carbocycles. The van der Waals surface area contributed by atoms with E-state index in [0.717, 1.165) is 5.56 Å². The second kappa shape index (κ2) is 7.11. The minimum absolute atomic E-state index is 0.0583. The van der Waals surface area contributed by atoms with E-state index >= 15 is 0 Å². The van der Waals surface area contributed by atoms with Crippen molar-refractivity contribution in [1.82, 2.24) is 4.90 Å². The van der Waals surface area contributed by atoms with Gasteiger partial charge in [-0.1, -0.05) is 12.1 Å². The van der Waals surface area contributed by atoms with Crippen molar-refractivity contribution in [2.75, 3.05) is 19.7 Å². The Morgan fingerprint density at radius 1 is 1.24 bits per heavy atom. The first-order valence-electron chi connectivity index (χ1n) is 7.32. The van der Waals surface area contributed by atoms with E-state index in [2.05, 4.69) is 0 Å². The van der Waals surface area contributed by atoms with Crippen molar-refractivity contribution in [3.8, 4) is 5.75 Å². The van der Waals surface area contributed by atoms with Gasteiger partial charge in [0.2, 0.25) is 5.91 Å². The van der Waals surface area contributed by atoms with Gasteiger partial charge in [0.15, 0.2) is 0 Å². The third kappa shape index (κ3) is 4.21. The second-order valence-corrected chi connectivity index (χ2v) is 5.25. The quantitative estimate of drug-likeness (QED) is 0.858. The van der Waals surface area contributed by atoms with Gasteiger partial charge in [-0.2, -0.15) is 0 Å². The number of nitrogens with zero attached hydrogens (tertiary/aromatic N) is 1. The molecule has 1 N–H and O–H groups in total. The van der Waals surface area contributed by atoms with Gasteiger partial charge in [-0.25, -0.2) is 0 Å². The molecule has 114 valence electrons. The number of esters is 1. The third-order valence-corrected chi connectivity index (χ3v) is 3.76. The lowest BCUT2D eigenvalue weighted by Gasteiger charge is -2.31. The zero-order valence-corrected chi connectivity index (χ0v) is 12.2. The molecule has 0 radical (unpaired) electrons. The molecule has 1 fully saturated rings. The van der Waals surface area contributed by atoms with Crippen LogP contribution >= 0.6 is 0 Å². The number of piperidine rings is 1. The second-order valence-electron chi connectivity index (χ2n) is 5.25. The Hall–Kier alpha value is -2.04. The smallest absolute Gasteiger partial charge is 0.309 e. The number of rotatable bonds is 4. The van der Waals surface area contributed by atoms with Gasteiger partial charge in [0.1, 0.15) is 5.75 Å². The van der Waals surface area contributed by atoms with Crippen LogP contribution < -0.4 is 0 Å². The lowest BCUT2D eigenvalue weighted by molar-refractivity contribution is -0.151. The number of ether oxygens (including phenoxy) is 1. The fourth-order valence-electron chi connectivity index (χ4n) is 2.52. The molecule has 0 aromatic heterocycles. The van der Waals surface area contributed by atoms with Crippen molar-refractivity contribution in [1.29, 1.82) is 0 Å². The van der Waals surface area contributed by atoms with Crippen LogP contribution in [0.3, 0.4) is 0 Å². The van der Waals surface area contributed by atoms with Crippen molar-refractivity contribution < 1.29 is 19.4 Å². The molecule has 0 bridgehead atoms. The molecule has 1 aromatic carbocycles. The van der Waals surface area contributed by atoms with Crippen molar-refractivity contribution in [2.24, 2.45) is 5.92 Å². The largest absolute Gasteiger partial charge is 0.508 e. The molecule has 0 unspecified atom stereocenters. The fourth-order valence-corrected chi connectivity index (χ4v) is 2.52. The van der Waals surface area contributed by atoms with Crippen LogP contribution in [0.15, 0.2) is 24.3 Å². The molecule has 5 heteroatoms. The fraction of sp³-hybridized carbons (Fsp3) is 0.500. The molecular formula is C16H21NO4. The summed E-state index contributed by atoms with van der Waals surface area (Å²) in [7, 11) is 0. The first kappa shape index (κ1) is 15.4.